The number of carbonyl (C=O) groups is 2. The van der Waals surface area contributed by atoms with Crippen LogP contribution in [0.5, 0.6) is 5.75 Å². The van der Waals surface area contributed by atoms with Crippen LogP contribution in [0, 0.1) is 6.92 Å². The summed E-state index contributed by atoms with van der Waals surface area (Å²) >= 11 is 0. The van der Waals surface area contributed by atoms with E-state index in [9.17, 15) is 9.59 Å². The number of ether oxygens (including phenoxy) is 1. The highest BCUT2D eigenvalue weighted by molar-refractivity contribution is 5.94. The molecule has 6 nitrogen and oxygen atoms in total. The van der Waals surface area contributed by atoms with E-state index in [1.54, 1.807) is 0 Å². The molecule has 0 aliphatic carbocycles. The quantitative estimate of drug-likeness (QED) is 0.651. The Kier molecular flexibility index (Phi) is 6.52. The number of imide groups is 1. The number of aryl methyl sites for hydroxylation is 1. The summed E-state index contributed by atoms with van der Waals surface area (Å²) in [7, 11) is 0. The molecule has 110 valence electrons. The summed E-state index contributed by atoms with van der Waals surface area (Å²) in [6.45, 7) is 5.42. The van der Waals surface area contributed by atoms with Gasteiger partial charge in [0.15, 0.2) is 6.61 Å². The summed E-state index contributed by atoms with van der Waals surface area (Å²) in [5, 5.41) is 5.24. The molecule has 0 saturated carbocycles. The highest BCUT2D eigenvalue weighted by Crippen LogP contribution is 2.19. The summed E-state index contributed by atoms with van der Waals surface area (Å²) in [4.78, 5) is 21.8. The molecule has 0 radical (unpaired) electrons. The Bertz CT molecular complexity index is 475. The van der Waals surface area contributed by atoms with Crippen molar-refractivity contribution in [3.05, 3.63) is 29.3 Å². The lowest BCUT2D eigenvalue weighted by atomic mass is 10.1. The van der Waals surface area contributed by atoms with Crippen molar-refractivity contribution in [1.82, 2.24) is 10.6 Å². The minimum atomic E-state index is -0.882. The van der Waals surface area contributed by atoms with E-state index in [0.717, 1.165) is 24.1 Å². The highest BCUT2D eigenvalue weighted by atomic mass is 16.5. The van der Waals surface area contributed by atoms with E-state index in [2.05, 4.69) is 12.2 Å². The molecule has 4 N–H and O–H groups in total. The van der Waals surface area contributed by atoms with Crippen LogP contribution in [0.4, 0.5) is 4.79 Å². The Balaban J connectivity index is 2.63. The number of benzene rings is 1. The van der Waals surface area contributed by atoms with Crippen molar-refractivity contribution < 1.29 is 14.3 Å². The molecule has 1 aromatic rings. The fourth-order valence-electron chi connectivity index (χ4n) is 1.70. The van der Waals surface area contributed by atoms with E-state index >= 15 is 0 Å². The lowest BCUT2D eigenvalue weighted by Gasteiger charge is -2.12. The van der Waals surface area contributed by atoms with Gasteiger partial charge in [-0.25, -0.2) is 4.79 Å². The molecule has 0 aromatic heterocycles. The fraction of sp³-hybridized carbons (Fsp3) is 0.429. The van der Waals surface area contributed by atoms with Crippen molar-refractivity contribution in [2.75, 3.05) is 13.2 Å². The smallest absolute Gasteiger partial charge is 0.318 e. The standard InChI is InChI=1S/C14H21N3O3/c1-3-6-16-8-11-7-10(2)4-5-12(11)20-9-13(18)17-14(15)19/h4-5,7,16H,3,6,8-9H2,1-2H3,(H3,15,17,18,19). The van der Waals surface area contributed by atoms with Crippen molar-refractivity contribution in [3.8, 4) is 5.75 Å². The lowest BCUT2D eigenvalue weighted by Crippen LogP contribution is -2.38. The molecule has 6 heteroatoms. The molecular weight excluding hydrogens is 258 g/mol. The van der Waals surface area contributed by atoms with Crippen LogP contribution in [-0.2, 0) is 11.3 Å². The van der Waals surface area contributed by atoms with Gasteiger partial charge in [0.25, 0.3) is 5.91 Å². The van der Waals surface area contributed by atoms with Gasteiger partial charge in [-0.2, -0.15) is 0 Å². The molecule has 0 saturated heterocycles. The van der Waals surface area contributed by atoms with Gasteiger partial charge in [-0.05, 0) is 26.0 Å². The van der Waals surface area contributed by atoms with Gasteiger partial charge in [-0.15, -0.1) is 0 Å². The third-order valence-electron chi connectivity index (χ3n) is 2.58. The van der Waals surface area contributed by atoms with Crippen LogP contribution >= 0.6 is 0 Å². The maximum atomic E-state index is 11.3. The average Bonchev–Trinajstić information content (AvgIpc) is 2.37. The Morgan fingerprint density at radius 2 is 2.10 bits per heavy atom. The Morgan fingerprint density at radius 3 is 2.75 bits per heavy atom. The van der Waals surface area contributed by atoms with Crippen molar-refractivity contribution in [3.63, 3.8) is 0 Å². The number of carbonyl (C=O) groups excluding carboxylic acids is 2. The van der Waals surface area contributed by atoms with E-state index in [-0.39, 0.29) is 6.61 Å². The number of urea groups is 1. The zero-order valence-electron chi connectivity index (χ0n) is 11.9. The Labute approximate surface area is 118 Å². The van der Waals surface area contributed by atoms with Crippen LogP contribution in [0.1, 0.15) is 24.5 Å². The molecule has 0 spiro atoms. The molecule has 1 aromatic carbocycles. The molecule has 0 atom stereocenters. The van der Waals surface area contributed by atoms with Gasteiger partial charge in [0.2, 0.25) is 0 Å². The molecular formula is C14H21N3O3. The summed E-state index contributed by atoms with van der Waals surface area (Å²) < 4.78 is 5.43. The number of primary amides is 1. The van der Waals surface area contributed by atoms with E-state index < -0.39 is 11.9 Å². The minimum absolute atomic E-state index is 0.243. The second kappa shape index (κ2) is 8.16. The van der Waals surface area contributed by atoms with Gasteiger partial charge in [-0.3, -0.25) is 10.1 Å². The Morgan fingerprint density at radius 1 is 1.35 bits per heavy atom. The maximum Gasteiger partial charge on any atom is 0.318 e. The maximum absolute atomic E-state index is 11.3. The molecule has 0 aliphatic rings. The number of amides is 3. The molecule has 3 amide bonds. The van der Waals surface area contributed by atoms with E-state index in [4.69, 9.17) is 10.5 Å². The average molecular weight is 279 g/mol. The first-order chi connectivity index (χ1) is 9.52. The van der Waals surface area contributed by atoms with Crippen LogP contribution in [0.15, 0.2) is 18.2 Å². The SMILES string of the molecule is CCCNCc1cc(C)ccc1OCC(=O)NC(N)=O. The third-order valence-corrected chi connectivity index (χ3v) is 2.58. The molecule has 1 rings (SSSR count). The normalized spacial score (nSPS) is 10.1. The van der Waals surface area contributed by atoms with Crippen molar-refractivity contribution >= 4 is 11.9 Å². The third kappa shape index (κ3) is 5.71. The van der Waals surface area contributed by atoms with Crippen molar-refractivity contribution in [1.29, 1.82) is 0 Å². The number of hydrogen-bond acceptors (Lipinski definition) is 4. The van der Waals surface area contributed by atoms with Crippen molar-refractivity contribution in [2.45, 2.75) is 26.8 Å². The second-order valence-corrected chi connectivity index (χ2v) is 4.49. The fourth-order valence-corrected chi connectivity index (χ4v) is 1.70. The topological polar surface area (TPSA) is 93.4 Å². The van der Waals surface area contributed by atoms with Gasteiger partial charge in [0.05, 0.1) is 0 Å². The second-order valence-electron chi connectivity index (χ2n) is 4.49. The van der Waals surface area contributed by atoms with Gasteiger partial charge in [-0.1, -0.05) is 24.6 Å². The van der Waals surface area contributed by atoms with Gasteiger partial charge < -0.3 is 15.8 Å². The van der Waals surface area contributed by atoms with Gasteiger partial charge in [0, 0.05) is 12.1 Å². The van der Waals surface area contributed by atoms with Crippen LogP contribution in [0.3, 0.4) is 0 Å². The molecule has 20 heavy (non-hydrogen) atoms. The molecule has 0 unspecified atom stereocenters. The zero-order valence-corrected chi connectivity index (χ0v) is 11.9. The van der Waals surface area contributed by atoms with Gasteiger partial charge >= 0.3 is 6.03 Å². The predicted octanol–water partition coefficient (Wildman–Crippen LogP) is 1.07. The van der Waals surface area contributed by atoms with Crippen LogP contribution in [0.25, 0.3) is 0 Å². The summed E-state index contributed by atoms with van der Waals surface area (Å²) in [5.41, 5.74) is 6.95. The van der Waals surface area contributed by atoms with E-state index in [1.165, 1.54) is 0 Å². The van der Waals surface area contributed by atoms with Gasteiger partial charge in [0.1, 0.15) is 5.75 Å². The number of hydrogen-bond donors (Lipinski definition) is 3. The minimum Gasteiger partial charge on any atom is -0.483 e. The predicted molar refractivity (Wildman–Crippen MR) is 76.4 cm³/mol. The molecule has 0 fully saturated rings. The summed E-state index contributed by atoms with van der Waals surface area (Å²) in [6, 6.07) is 4.84. The summed E-state index contributed by atoms with van der Waals surface area (Å²) in [6.07, 6.45) is 1.04. The number of nitrogens with two attached hydrogens (primary N) is 1. The first-order valence-electron chi connectivity index (χ1n) is 6.55. The lowest BCUT2D eigenvalue weighted by molar-refractivity contribution is -0.121. The molecule has 0 aliphatic heterocycles. The van der Waals surface area contributed by atoms with Crippen LogP contribution in [0.2, 0.25) is 0 Å². The molecule has 0 heterocycles. The van der Waals surface area contributed by atoms with Crippen LogP contribution < -0.4 is 21.1 Å². The monoisotopic (exact) mass is 279 g/mol. The van der Waals surface area contributed by atoms with Crippen LogP contribution in [-0.4, -0.2) is 25.1 Å². The first kappa shape index (κ1) is 16.0. The molecule has 0 bridgehead atoms. The number of nitrogens with one attached hydrogen (secondary N) is 2. The Hall–Kier alpha value is -2.08. The summed E-state index contributed by atoms with van der Waals surface area (Å²) in [5.74, 6) is 0.0596. The zero-order chi connectivity index (χ0) is 15.0. The van der Waals surface area contributed by atoms with E-state index in [1.807, 2.05) is 30.4 Å². The number of rotatable bonds is 7. The highest BCUT2D eigenvalue weighted by Gasteiger charge is 2.08. The first-order valence-corrected chi connectivity index (χ1v) is 6.55. The van der Waals surface area contributed by atoms with E-state index in [0.29, 0.717) is 12.3 Å². The largest absolute Gasteiger partial charge is 0.483 e. The van der Waals surface area contributed by atoms with Crippen molar-refractivity contribution in [2.24, 2.45) is 5.73 Å².